The van der Waals surface area contributed by atoms with E-state index in [0.717, 1.165) is 41.4 Å². The number of aromatic nitrogens is 1. The number of piperidine rings is 1. The van der Waals surface area contributed by atoms with Gasteiger partial charge in [0, 0.05) is 16.6 Å². The van der Waals surface area contributed by atoms with E-state index in [2.05, 4.69) is 9.71 Å². The predicted octanol–water partition coefficient (Wildman–Crippen LogP) is 2.06. The zero-order chi connectivity index (χ0) is 25.0. The first-order valence-electron chi connectivity index (χ1n) is 11.6. The molecular formula is C25H30N4O5S. The Morgan fingerprint density at radius 3 is 2.51 bits per heavy atom. The lowest BCUT2D eigenvalue weighted by Crippen LogP contribution is -2.58. The van der Waals surface area contributed by atoms with Crippen LogP contribution in [-0.4, -0.2) is 54.7 Å². The lowest BCUT2D eigenvalue weighted by atomic mass is 10.1. The summed E-state index contributed by atoms with van der Waals surface area (Å²) >= 11 is 0. The molecule has 1 saturated heterocycles. The number of carbonyl (C=O) groups excluding carboxylic acids is 1. The molecule has 3 aromatic rings. The number of nitrogens with one attached hydrogen (secondary N) is 1. The van der Waals surface area contributed by atoms with Crippen molar-refractivity contribution in [2.45, 2.75) is 50.0 Å². The van der Waals surface area contributed by atoms with Gasteiger partial charge in [0.2, 0.25) is 15.9 Å². The van der Waals surface area contributed by atoms with E-state index in [1.807, 2.05) is 37.3 Å². The topological polar surface area (TPSA) is 135 Å². The molecular weight excluding hydrogens is 468 g/mol. The van der Waals surface area contributed by atoms with Crippen molar-refractivity contribution in [1.82, 2.24) is 14.6 Å². The van der Waals surface area contributed by atoms with Crippen molar-refractivity contribution in [3.8, 4) is 5.75 Å². The summed E-state index contributed by atoms with van der Waals surface area (Å²) in [5, 5.41) is 11.5. The summed E-state index contributed by atoms with van der Waals surface area (Å²) in [6.45, 7) is 3.36. The fraction of sp³-hybridized carbons (Fsp3) is 0.360. The lowest BCUT2D eigenvalue weighted by Gasteiger charge is -2.35. The molecule has 1 aliphatic rings. The summed E-state index contributed by atoms with van der Waals surface area (Å²) in [5.41, 5.74) is 8.22. The third kappa shape index (κ3) is 5.96. The van der Waals surface area contributed by atoms with Crippen molar-refractivity contribution < 1.29 is 23.1 Å². The number of benzene rings is 2. The normalized spacial score (nSPS) is 16.6. The Hall–Kier alpha value is -3.05. The number of carbonyl (C=O) groups is 1. The second kappa shape index (κ2) is 10.7. The molecule has 0 bridgehead atoms. The zero-order valence-corrected chi connectivity index (χ0v) is 20.4. The Bertz CT molecular complexity index is 1290. The van der Waals surface area contributed by atoms with Gasteiger partial charge in [-0.2, -0.15) is 4.72 Å². The second-order valence-electron chi connectivity index (χ2n) is 8.71. The summed E-state index contributed by atoms with van der Waals surface area (Å²) in [6.07, 6.45) is 1.09. The van der Waals surface area contributed by atoms with Gasteiger partial charge in [-0.3, -0.25) is 14.7 Å². The Labute approximate surface area is 205 Å². The number of likely N-dealkylation sites (tertiary alicyclic amines) is 1. The van der Waals surface area contributed by atoms with Gasteiger partial charge in [0.15, 0.2) is 0 Å². The maximum atomic E-state index is 12.8. The number of nitrogens with zero attached hydrogens (tertiary/aromatic N) is 2. The first-order valence-corrected chi connectivity index (χ1v) is 13.0. The van der Waals surface area contributed by atoms with Gasteiger partial charge in [-0.1, -0.05) is 24.6 Å². The molecule has 2 unspecified atom stereocenters. The van der Waals surface area contributed by atoms with Crippen molar-refractivity contribution in [3.63, 3.8) is 0 Å². The van der Waals surface area contributed by atoms with Gasteiger partial charge in [-0.25, -0.2) is 8.42 Å². The van der Waals surface area contributed by atoms with Crippen LogP contribution < -0.4 is 15.2 Å². The summed E-state index contributed by atoms with van der Waals surface area (Å²) in [5.74, 6) is -0.281. The zero-order valence-electron chi connectivity index (χ0n) is 19.6. The molecule has 0 spiro atoms. The highest BCUT2D eigenvalue weighted by atomic mass is 32.2. The third-order valence-electron chi connectivity index (χ3n) is 6.11. The van der Waals surface area contributed by atoms with Crippen LogP contribution in [0.25, 0.3) is 10.9 Å². The molecule has 10 heteroatoms. The monoisotopic (exact) mass is 498 g/mol. The lowest BCUT2D eigenvalue weighted by molar-refractivity contribution is -0.128. The minimum absolute atomic E-state index is 0.0593. The largest absolute Gasteiger partial charge is 0.489 e. The number of fused-ring (bicyclic) bond motifs is 1. The molecule has 2 heterocycles. The minimum Gasteiger partial charge on any atom is -0.489 e. The van der Waals surface area contributed by atoms with Gasteiger partial charge in [0.1, 0.15) is 24.6 Å². The highest BCUT2D eigenvalue weighted by Gasteiger charge is 2.34. The van der Waals surface area contributed by atoms with Gasteiger partial charge in [0.05, 0.1) is 10.4 Å². The average Bonchev–Trinajstić information content (AvgIpc) is 2.83. The molecule has 35 heavy (non-hydrogen) atoms. The molecule has 4 rings (SSSR count). The highest BCUT2D eigenvalue weighted by molar-refractivity contribution is 7.89. The highest BCUT2D eigenvalue weighted by Crippen LogP contribution is 2.22. The van der Waals surface area contributed by atoms with E-state index in [0.29, 0.717) is 25.4 Å². The standard InChI is InChI=1S/C25H30N4O5S/c1-17-15-18(21-7-3-4-8-22(21)27-17)16-34-19-9-11-20(12-10-19)35(32,33)28-25(31)23(24(26)30)29-13-5-2-6-14-29/h3-4,7-12,15,23,25,28,31H,2,5-6,13-14,16H2,1H3,(H2,26,30). The summed E-state index contributed by atoms with van der Waals surface area (Å²) in [6, 6.07) is 14.5. The number of aryl methyl sites for hydroxylation is 1. The number of amides is 1. The maximum absolute atomic E-state index is 12.8. The van der Waals surface area contributed by atoms with E-state index in [1.165, 1.54) is 12.1 Å². The van der Waals surface area contributed by atoms with Crippen molar-refractivity contribution >= 4 is 26.8 Å². The Morgan fingerprint density at radius 2 is 1.83 bits per heavy atom. The molecule has 0 aliphatic carbocycles. The summed E-state index contributed by atoms with van der Waals surface area (Å²) in [4.78, 5) is 18.2. The number of primary amides is 1. The first kappa shape index (κ1) is 25.1. The molecule has 0 radical (unpaired) electrons. The Balaban J connectivity index is 1.43. The molecule has 2 aromatic carbocycles. The van der Waals surface area contributed by atoms with E-state index >= 15 is 0 Å². The molecule has 2 atom stereocenters. The Kier molecular flexibility index (Phi) is 7.66. The molecule has 9 nitrogen and oxygen atoms in total. The molecule has 1 aliphatic heterocycles. The number of sulfonamides is 1. The van der Waals surface area contributed by atoms with Gasteiger partial charge in [0.25, 0.3) is 0 Å². The van der Waals surface area contributed by atoms with Crippen LogP contribution in [0.15, 0.2) is 59.5 Å². The van der Waals surface area contributed by atoms with Crippen LogP contribution in [0.1, 0.15) is 30.5 Å². The van der Waals surface area contributed by atoms with Crippen LogP contribution in [0.5, 0.6) is 5.75 Å². The predicted molar refractivity (Wildman–Crippen MR) is 132 cm³/mol. The molecule has 1 aromatic heterocycles. The summed E-state index contributed by atoms with van der Waals surface area (Å²) < 4.78 is 33.8. The fourth-order valence-corrected chi connectivity index (χ4v) is 5.49. The minimum atomic E-state index is -4.09. The quantitative estimate of drug-likeness (QED) is 0.384. The van der Waals surface area contributed by atoms with Crippen LogP contribution >= 0.6 is 0 Å². The molecule has 1 amide bonds. The first-order chi connectivity index (χ1) is 16.7. The van der Waals surface area contributed by atoms with Gasteiger partial charge < -0.3 is 15.6 Å². The smallest absolute Gasteiger partial charge is 0.242 e. The number of rotatable bonds is 9. The number of aliphatic hydroxyl groups excluding tert-OH is 1. The van der Waals surface area contributed by atoms with E-state index < -0.39 is 28.2 Å². The van der Waals surface area contributed by atoms with Crippen molar-refractivity contribution in [1.29, 1.82) is 0 Å². The maximum Gasteiger partial charge on any atom is 0.242 e. The average molecular weight is 499 g/mol. The van der Waals surface area contributed by atoms with E-state index in [-0.39, 0.29) is 4.90 Å². The Morgan fingerprint density at radius 1 is 1.14 bits per heavy atom. The SMILES string of the molecule is Cc1cc(COc2ccc(S(=O)(=O)NC(O)C(C(N)=O)N3CCCCC3)cc2)c2ccccc2n1. The molecule has 186 valence electrons. The van der Waals surface area contributed by atoms with E-state index in [1.54, 1.807) is 17.0 Å². The number of aliphatic hydroxyl groups is 1. The third-order valence-corrected chi connectivity index (χ3v) is 7.55. The van der Waals surface area contributed by atoms with Crippen molar-refractivity contribution in [3.05, 3.63) is 65.9 Å². The fourth-order valence-electron chi connectivity index (χ4n) is 4.41. The van der Waals surface area contributed by atoms with Crippen molar-refractivity contribution in [2.24, 2.45) is 5.73 Å². The van der Waals surface area contributed by atoms with Crippen LogP contribution in [0, 0.1) is 6.92 Å². The van der Waals surface area contributed by atoms with Crippen LogP contribution in [-0.2, 0) is 21.4 Å². The van der Waals surface area contributed by atoms with Crippen molar-refractivity contribution in [2.75, 3.05) is 13.1 Å². The number of pyridine rings is 1. The molecule has 4 N–H and O–H groups in total. The molecule has 0 saturated carbocycles. The van der Waals surface area contributed by atoms with Gasteiger partial charge in [-0.05, 0) is 69.3 Å². The second-order valence-corrected chi connectivity index (χ2v) is 10.4. The number of hydrogen-bond acceptors (Lipinski definition) is 7. The van der Waals surface area contributed by atoms with Crippen LogP contribution in [0.3, 0.4) is 0 Å². The van der Waals surface area contributed by atoms with Gasteiger partial charge >= 0.3 is 0 Å². The van der Waals surface area contributed by atoms with E-state index in [9.17, 15) is 18.3 Å². The number of ether oxygens (including phenoxy) is 1. The van der Waals surface area contributed by atoms with E-state index in [4.69, 9.17) is 10.5 Å². The van der Waals surface area contributed by atoms with Crippen LogP contribution in [0.4, 0.5) is 0 Å². The number of para-hydroxylation sites is 1. The molecule has 1 fully saturated rings. The number of nitrogens with two attached hydrogens (primary N) is 1. The van der Waals surface area contributed by atoms with Crippen LogP contribution in [0.2, 0.25) is 0 Å². The summed E-state index contributed by atoms with van der Waals surface area (Å²) in [7, 11) is -4.09. The van der Waals surface area contributed by atoms with Gasteiger partial charge in [-0.15, -0.1) is 0 Å². The number of hydrogen-bond donors (Lipinski definition) is 3.